The van der Waals surface area contributed by atoms with E-state index in [4.69, 9.17) is 5.11 Å². The van der Waals surface area contributed by atoms with Crippen LogP contribution in [0.1, 0.15) is 18.4 Å². The lowest BCUT2D eigenvalue weighted by Crippen LogP contribution is -2.47. The normalized spacial score (nSPS) is 19.7. The topological polar surface area (TPSA) is 81.1 Å². The largest absolute Gasteiger partial charge is 0.465 e. The number of hydrogen-bond acceptors (Lipinski definition) is 2. The van der Waals surface area contributed by atoms with Gasteiger partial charge < -0.3 is 15.1 Å². The number of nitrogens with zero attached hydrogens (tertiary/aromatic N) is 2. The first kappa shape index (κ1) is 13.7. The Kier molecular flexibility index (Phi) is 3.00. The van der Waals surface area contributed by atoms with Crippen LogP contribution in [0.25, 0.3) is 0 Å². The van der Waals surface area contributed by atoms with E-state index >= 15 is 0 Å². The summed E-state index contributed by atoms with van der Waals surface area (Å²) in [5.74, 6) is -0.402. The number of benzene rings is 1. The summed E-state index contributed by atoms with van der Waals surface area (Å²) in [5, 5.41) is 18.3. The van der Waals surface area contributed by atoms with E-state index in [1.165, 1.54) is 28.0 Å². The molecule has 112 valence electrons. The number of amides is 2. The number of likely N-dealkylation sites (tertiary alicyclic amines) is 1. The van der Waals surface area contributed by atoms with Gasteiger partial charge in [0.2, 0.25) is 0 Å². The molecule has 2 aliphatic heterocycles. The molecule has 0 aromatic heterocycles. The van der Waals surface area contributed by atoms with E-state index in [0.29, 0.717) is 37.2 Å². The average molecular weight is 294 g/mol. The maximum absolute atomic E-state index is 13.6. The van der Waals surface area contributed by atoms with Gasteiger partial charge in [0.1, 0.15) is 5.82 Å². The number of fused-ring (bicyclic) bond motifs is 2. The second kappa shape index (κ2) is 4.61. The van der Waals surface area contributed by atoms with Crippen molar-refractivity contribution in [1.82, 2.24) is 4.90 Å². The van der Waals surface area contributed by atoms with Crippen LogP contribution in [0.3, 0.4) is 0 Å². The second-order valence-corrected chi connectivity index (χ2v) is 5.58. The van der Waals surface area contributed by atoms with E-state index in [1.54, 1.807) is 0 Å². The molecule has 0 unspecified atom stereocenters. The summed E-state index contributed by atoms with van der Waals surface area (Å²) in [6.45, 7) is 0.923. The molecule has 0 bridgehead atoms. The first-order valence-corrected chi connectivity index (χ1v) is 6.71. The summed E-state index contributed by atoms with van der Waals surface area (Å²) >= 11 is 0. The number of carbonyl (C=O) groups is 2. The smallest absolute Gasteiger partial charge is 0.411 e. The van der Waals surface area contributed by atoms with Gasteiger partial charge in [-0.25, -0.2) is 14.0 Å². The van der Waals surface area contributed by atoms with Crippen LogP contribution in [0.15, 0.2) is 18.2 Å². The standard InChI is InChI=1S/C14H15FN2O4/c15-9-1-2-11-10(7-9)14(8-17(11)13(20)21)3-5-16(6-4-14)12(18)19/h1-2,7H,3-6,8H2,(H,18,19)(H,20,21). The number of hydrogen-bond donors (Lipinski definition) is 2. The quantitative estimate of drug-likeness (QED) is 0.769. The van der Waals surface area contributed by atoms with Crippen LogP contribution in [-0.2, 0) is 5.41 Å². The molecule has 0 aliphatic carbocycles. The Morgan fingerprint density at radius 2 is 1.81 bits per heavy atom. The maximum Gasteiger partial charge on any atom is 0.411 e. The maximum atomic E-state index is 13.6. The number of rotatable bonds is 0. The summed E-state index contributed by atoms with van der Waals surface area (Å²) < 4.78 is 13.6. The van der Waals surface area contributed by atoms with Gasteiger partial charge in [0.05, 0.1) is 5.69 Å². The van der Waals surface area contributed by atoms with Gasteiger partial charge in [-0.15, -0.1) is 0 Å². The van der Waals surface area contributed by atoms with Crippen LogP contribution in [0.4, 0.5) is 19.7 Å². The van der Waals surface area contributed by atoms with Crippen molar-refractivity contribution >= 4 is 17.9 Å². The predicted octanol–water partition coefficient (Wildman–Crippen LogP) is 2.34. The lowest BCUT2D eigenvalue weighted by atomic mass is 9.74. The van der Waals surface area contributed by atoms with Gasteiger partial charge in [0.15, 0.2) is 0 Å². The third kappa shape index (κ3) is 2.09. The molecule has 21 heavy (non-hydrogen) atoms. The molecular formula is C14H15FN2O4. The molecule has 2 amide bonds. The lowest BCUT2D eigenvalue weighted by Gasteiger charge is -2.38. The second-order valence-electron chi connectivity index (χ2n) is 5.58. The van der Waals surface area contributed by atoms with Gasteiger partial charge >= 0.3 is 12.2 Å². The summed E-state index contributed by atoms with van der Waals surface area (Å²) in [6.07, 6.45) is -1.04. The minimum absolute atomic E-state index is 0.259. The highest BCUT2D eigenvalue weighted by atomic mass is 19.1. The van der Waals surface area contributed by atoms with Crippen molar-refractivity contribution in [1.29, 1.82) is 0 Å². The molecule has 1 fully saturated rings. The van der Waals surface area contributed by atoms with Crippen molar-refractivity contribution in [3.05, 3.63) is 29.6 Å². The van der Waals surface area contributed by atoms with E-state index < -0.39 is 23.4 Å². The molecule has 2 N–H and O–H groups in total. The van der Waals surface area contributed by atoms with Crippen molar-refractivity contribution in [3.8, 4) is 0 Å². The van der Waals surface area contributed by atoms with Crippen LogP contribution in [0.2, 0.25) is 0 Å². The molecule has 2 aliphatic rings. The Morgan fingerprint density at radius 1 is 1.14 bits per heavy atom. The first-order chi connectivity index (χ1) is 9.93. The molecule has 1 spiro atoms. The van der Waals surface area contributed by atoms with Crippen LogP contribution in [0.5, 0.6) is 0 Å². The SMILES string of the molecule is O=C(O)N1CCC2(CC1)CN(C(=O)O)c1ccc(F)cc12. The Bertz CT molecular complexity index is 611. The Hall–Kier alpha value is -2.31. The minimum Gasteiger partial charge on any atom is -0.465 e. The Labute approximate surface area is 120 Å². The summed E-state index contributed by atoms with van der Waals surface area (Å²) in [4.78, 5) is 24.9. The van der Waals surface area contributed by atoms with Crippen LogP contribution in [-0.4, -0.2) is 46.9 Å². The lowest BCUT2D eigenvalue weighted by molar-refractivity contribution is 0.118. The number of carboxylic acid groups (broad SMARTS) is 2. The zero-order valence-corrected chi connectivity index (χ0v) is 11.3. The fourth-order valence-corrected chi connectivity index (χ4v) is 3.37. The van der Waals surface area contributed by atoms with Gasteiger partial charge in [-0.2, -0.15) is 0 Å². The average Bonchev–Trinajstić information content (AvgIpc) is 2.74. The van der Waals surface area contributed by atoms with E-state index in [2.05, 4.69) is 0 Å². The van der Waals surface area contributed by atoms with Crippen molar-refractivity contribution in [2.45, 2.75) is 18.3 Å². The zero-order chi connectivity index (χ0) is 15.2. The van der Waals surface area contributed by atoms with Crippen molar-refractivity contribution in [2.75, 3.05) is 24.5 Å². The summed E-state index contributed by atoms with van der Waals surface area (Å²) in [6, 6.07) is 4.12. The third-order valence-electron chi connectivity index (χ3n) is 4.50. The first-order valence-electron chi connectivity index (χ1n) is 6.71. The highest BCUT2D eigenvalue weighted by molar-refractivity contribution is 5.90. The summed E-state index contributed by atoms with van der Waals surface area (Å²) in [5.41, 5.74) is 0.699. The zero-order valence-electron chi connectivity index (χ0n) is 11.3. The molecule has 1 aromatic rings. The van der Waals surface area contributed by atoms with Gasteiger partial charge in [0.25, 0.3) is 0 Å². The van der Waals surface area contributed by atoms with Crippen molar-refractivity contribution < 1.29 is 24.2 Å². The molecule has 1 saturated heterocycles. The van der Waals surface area contributed by atoms with E-state index in [9.17, 15) is 19.1 Å². The predicted molar refractivity (Wildman–Crippen MR) is 72.3 cm³/mol. The van der Waals surface area contributed by atoms with Gasteiger partial charge in [0, 0.05) is 25.0 Å². The summed E-state index contributed by atoms with van der Waals surface area (Å²) in [7, 11) is 0. The van der Waals surface area contributed by atoms with Crippen LogP contribution in [0, 0.1) is 5.82 Å². The number of halogens is 1. The molecule has 1 aromatic carbocycles. The molecule has 7 heteroatoms. The van der Waals surface area contributed by atoms with Crippen molar-refractivity contribution in [2.24, 2.45) is 0 Å². The molecule has 0 saturated carbocycles. The van der Waals surface area contributed by atoms with Gasteiger partial charge in [-0.3, -0.25) is 4.90 Å². The molecule has 6 nitrogen and oxygen atoms in total. The van der Waals surface area contributed by atoms with Gasteiger partial charge in [-0.05, 0) is 36.6 Å². The van der Waals surface area contributed by atoms with Crippen LogP contribution >= 0.6 is 0 Å². The minimum atomic E-state index is -1.07. The van der Waals surface area contributed by atoms with Crippen molar-refractivity contribution in [3.63, 3.8) is 0 Å². The van der Waals surface area contributed by atoms with E-state index in [1.807, 2.05) is 0 Å². The highest BCUT2D eigenvalue weighted by Crippen LogP contribution is 2.47. The highest BCUT2D eigenvalue weighted by Gasteiger charge is 2.47. The number of piperidine rings is 1. The fourth-order valence-electron chi connectivity index (χ4n) is 3.37. The molecule has 0 atom stereocenters. The molecule has 3 rings (SSSR count). The Balaban J connectivity index is 1.97. The monoisotopic (exact) mass is 294 g/mol. The van der Waals surface area contributed by atoms with E-state index in [0.717, 1.165) is 0 Å². The van der Waals surface area contributed by atoms with E-state index in [-0.39, 0.29) is 6.54 Å². The van der Waals surface area contributed by atoms with Crippen LogP contribution < -0.4 is 4.90 Å². The van der Waals surface area contributed by atoms with Gasteiger partial charge in [-0.1, -0.05) is 0 Å². The third-order valence-corrected chi connectivity index (χ3v) is 4.50. The Morgan fingerprint density at radius 3 is 2.38 bits per heavy atom. The fraction of sp³-hybridized carbons (Fsp3) is 0.429. The molecule has 2 heterocycles. The number of anilines is 1. The molecular weight excluding hydrogens is 279 g/mol. The molecule has 0 radical (unpaired) electrons.